The lowest BCUT2D eigenvalue weighted by Crippen LogP contribution is -2.51. The van der Waals surface area contributed by atoms with Crippen LogP contribution in [-0.4, -0.2) is 42.0 Å². The highest BCUT2D eigenvalue weighted by Gasteiger charge is 2.43. The smallest absolute Gasteiger partial charge is 0.335 e. The number of amides is 1. The van der Waals surface area contributed by atoms with Gasteiger partial charge in [0.05, 0.1) is 0 Å². The normalized spacial score (nSPS) is 16.9. The van der Waals surface area contributed by atoms with Gasteiger partial charge in [0, 0.05) is 44.1 Å². The number of halogens is 2. The van der Waals surface area contributed by atoms with Crippen molar-refractivity contribution in [3.63, 3.8) is 0 Å². The van der Waals surface area contributed by atoms with Crippen LogP contribution in [0.15, 0.2) is 24.5 Å². The lowest BCUT2D eigenvalue weighted by Gasteiger charge is -2.30. The van der Waals surface area contributed by atoms with Crippen molar-refractivity contribution in [2.24, 2.45) is 0 Å². The molecule has 92 valence electrons. The highest BCUT2D eigenvalue weighted by Crippen LogP contribution is 2.29. The zero-order valence-electron chi connectivity index (χ0n) is 9.20. The first-order chi connectivity index (χ1) is 8.12. The Bertz CT molecular complexity index is 391. The SMILES string of the molecule is O=C(N1CCNCC1)C(F)(F)c1ccncc1. The number of hydrogen-bond acceptors (Lipinski definition) is 3. The Kier molecular flexibility index (Phi) is 3.33. The monoisotopic (exact) mass is 241 g/mol. The Morgan fingerprint density at radius 1 is 1.29 bits per heavy atom. The number of alkyl halides is 2. The van der Waals surface area contributed by atoms with Crippen molar-refractivity contribution >= 4 is 5.91 Å². The minimum absolute atomic E-state index is 0.309. The second kappa shape index (κ2) is 4.75. The van der Waals surface area contributed by atoms with E-state index in [1.165, 1.54) is 29.4 Å². The van der Waals surface area contributed by atoms with Gasteiger partial charge in [-0.25, -0.2) is 0 Å². The summed E-state index contributed by atoms with van der Waals surface area (Å²) >= 11 is 0. The number of hydrogen-bond donors (Lipinski definition) is 1. The summed E-state index contributed by atoms with van der Waals surface area (Å²) in [5.41, 5.74) is -0.309. The first-order valence-electron chi connectivity index (χ1n) is 5.41. The number of aromatic nitrogens is 1. The van der Waals surface area contributed by atoms with Gasteiger partial charge in [-0.1, -0.05) is 0 Å². The van der Waals surface area contributed by atoms with Crippen molar-refractivity contribution < 1.29 is 13.6 Å². The Labute approximate surface area is 97.6 Å². The number of piperazine rings is 1. The molecule has 0 bridgehead atoms. The van der Waals surface area contributed by atoms with Gasteiger partial charge in [0.1, 0.15) is 0 Å². The molecule has 1 aliphatic heterocycles. The average Bonchev–Trinajstić information content (AvgIpc) is 2.40. The van der Waals surface area contributed by atoms with Crippen LogP contribution in [0.5, 0.6) is 0 Å². The predicted octanol–water partition coefficient (Wildman–Crippen LogP) is 0.605. The van der Waals surface area contributed by atoms with Gasteiger partial charge < -0.3 is 10.2 Å². The molecular formula is C11H13F2N3O. The first-order valence-corrected chi connectivity index (χ1v) is 5.41. The molecule has 1 amide bonds. The summed E-state index contributed by atoms with van der Waals surface area (Å²) in [4.78, 5) is 16.6. The molecule has 0 radical (unpaired) electrons. The molecule has 0 atom stereocenters. The van der Waals surface area contributed by atoms with E-state index < -0.39 is 11.8 Å². The van der Waals surface area contributed by atoms with Crippen LogP contribution in [0.25, 0.3) is 0 Å². The van der Waals surface area contributed by atoms with Crippen molar-refractivity contribution in [3.8, 4) is 0 Å². The van der Waals surface area contributed by atoms with Crippen molar-refractivity contribution in [2.45, 2.75) is 5.92 Å². The molecule has 1 saturated heterocycles. The molecule has 2 heterocycles. The van der Waals surface area contributed by atoms with Crippen molar-refractivity contribution in [1.29, 1.82) is 0 Å². The van der Waals surface area contributed by atoms with Gasteiger partial charge in [-0.2, -0.15) is 8.78 Å². The Morgan fingerprint density at radius 2 is 1.88 bits per heavy atom. The van der Waals surface area contributed by atoms with Crippen LogP contribution in [-0.2, 0) is 10.7 Å². The molecule has 0 aromatic carbocycles. The molecule has 0 aliphatic carbocycles. The van der Waals surface area contributed by atoms with Crippen LogP contribution in [0.2, 0.25) is 0 Å². The van der Waals surface area contributed by atoms with Gasteiger partial charge in [-0.3, -0.25) is 9.78 Å². The lowest BCUT2D eigenvalue weighted by molar-refractivity contribution is -0.159. The Morgan fingerprint density at radius 3 is 2.47 bits per heavy atom. The van der Waals surface area contributed by atoms with Gasteiger partial charge in [0.25, 0.3) is 5.91 Å². The van der Waals surface area contributed by atoms with Crippen LogP contribution in [0.3, 0.4) is 0 Å². The maximum atomic E-state index is 13.9. The molecule has 1 aliphatic rings. The molecular weight excluding hydrogens is 228 g/mol. The van der Waals surface area contributed by atoms with E-state index >= 15 is 0 Å². The summed E-state index contributed by atoms with van der Waals surface area (Å²) < 4.78 is 27.8. The average molecular weight is 241 g/mol. The van der Waals surface area contributed by atoms with E-state index in [9.17, 15) is 13.6 Å². The molecule has 1 aromatic rings. The fraction of sp³-hybridized carbons (Fsp3) is 0.455. The van der Waals surface area contributed by atoms with Crippen LogP contribution >= 0.6 is 0 Å². The number of carbonyl (C=O) groups is 1. The topological polar surface area (TPSA) is 45.2 Å². The summed E-state index contributed by atoms with van der Waals surface area (Å²) in [6, 6.07) is 2.33. The standard InChI is InChI=1S/C11H13F2N3O/c12-11(13,9-1-3-14-4-2-9)10(17)16-7-5-15-6-8-16/h1-4,15H,5-8H2. The third kappa shape index (κ3) is 2.41. The van der Waals surface area contributed by atoms with Crippen molar-refractivity contribution in [3.05, 3.63) is 30.1 Å². The first kappa shape index (κ1) is 11.9. The second-order valence-corrected chi connectivity index (χ2v) is 3.85. The quantitative estimate of drug-likeness (QED) is 0.825. The number of nitrogens with zero attached hydrogens (tertiary/aromatic N) is 2. The Hall–Kier alpha value is -1.56. The van der Waals surface area contributed by atoms with E-state index in [0.29, 0.717) is 26.2 Å². The van der Waals surface area contributed by atoms with Gasteiger partial charge >= 0.3 is 5.92 Å². The van der Waals surface area contributed by atoms with Gasteiger partial charge in [-0.05, 0) is 12.1 Å². The largest absolute Gasteiger partial charge is 0.350 e. The van der Waals surface area contributed by atoms with Gasteiger partial charge in [-0.15, -0.1) is 0 Å². The molecule has 2 rings (SSSR count). The van der Waals surface area contributed by atoms with E-state index in [0.717, 1.165) is 0 Å². The molecule has 0 spiro atoms. The third-order valence-corrected chi connectivity index (χ3v) is 2.72. The van der Waals surface area contributed by atoms with Gasteiger partial charge in [0.2, 0.25) is 0 Å². The second-order valence-electron chi connectivity index (χ2n) is 3.85. The van der Waals surface area contributed by atoms with Crippen molar-refractivity contribution in [1.82, 2.24) is 15.2 Å². The minimum atomic E-state index is -3.47. The lowest BCUT2D eigenvalue weighted by atomic mass is 10.1. The summed E-state index contributed by atoms with van der Waals surface area (Å²) in [5.74, 6) is -4.61. The maximum Gasteiger partial charge on any atom is 0.350 e. The van der Waals surface area contributed by atoms with Crippen molar-refractivity contribution in [2.75, 3.05) is 26.2 Å². The number of nitrogens with one attached hydrogen (secondary N) is 1. The summed E-state index contributed by atoms with van der Waals surface area (Å²) in [7, 11) is 0. The minimum Gasteiger partial charge on any atom is -0.335 e. The molecule has 1 aromatic heterocycles. The van der Waals surface area contributed by atoms with Crippen LogP contribution in [0.1, 0.15) is 5.56 Å². The predicted molar refractivity (Wildman–Crippen MR) is 57.6 cm³/mol. The maximum absolute atomic E-state index is 13.9. The number of carbonyl (C=O) groups excluding carboxylic acids is 1. The van der Waals surface area contributed by atoms with Crippen LogP contribution < -0.4 is 5.32 Å². The number of pyridine rings is 1. The highest BCUT2D eigenvalue weighted by molar-refractivity contribution is 5.84. The zero-order chi connectivity index (χ0) is 12.3. The van der Waals surface area contributed by atoms with Crippen LogP contribution in [0, 0.1) is 0 Å². The molecule has 0 unspecified atom stereocenters. The summed E-state index contributed by atoms with van der Waals surface area (Å²) in [5, 5.41) is 3.01. The van der Waals surface area contributed by atoms with E-state index in [4.69, 9.17) is 0 Å². The van der Waals surface area contributed by atoms with E-state index in [-0.39, 0.29) is 5.56 Å². The molecule has 1 fully saturated rings. The van der Waals surface area contributed by atoms with E-state index in [1.807, 2.05) is 0 Å². The fourth-order valence-corrected chi connectivity index (χ4v) is 1.75. The highest BCUT2D eigenvalue weighted by atomic mass is 19.3. The third-order valence-electron chi connectivity index (χ3n) is 2.72. The Balaban J connectivity index is 2.17. The van der Waals surface area contributed by atoms with E-state index in [1.54, 1.807) is 0 Å². The summed E-state index contributed by atoms with van der Waals surface area (Å²) in [6.07, 6.45) is 2.52. The number of rotatable bonds is 2. The molecule has 0 saturated carbocycles. The van der Waals surface area contributed by atoms with E-state index in [2.05, 4.69) is 10.3 Å². The fourth-order valence-electron chi connectivity index (χ4n) is 1.75. The molecule has 4 nitrogen and oxygen atoms in total. The summed E-state index contributed by atoms with van der Waals surface area (Å²) in [6.45, 7) is 1.75. The molecule has 1 N–H and O–H groups in total. The molecule has 17 heavy (non-hydrogen) atoms. The zero-order valence-corrected chi connectivity index (χ0v) is 9.20. The molecule has 6 heteroatoms. The van der Waals surface area contributed by atoms with Crippen LogP contribution in [0.4, 0.5) is 8.78 Å². The van der Waals surface area contributed by atoms with Gasteiger partial charge in [0.15, 0.2) is 0 Å².